The fourth-order valence-electron chi connectivity index (χ4n) is 2.60. The minimum Gasteiger partial charge on any atom is -0.460 e. The summed E-state index contributed by atoms with van der Waals surface area (Å²) < 4.78 is 5.59. The number of hydrogen-bond acceptors (Lipinski definition) is 2. The van der Waals surface area contributed by atoms with Gasteiger partial charge in [0, 0.05) is 6.92 Å². The molecule has 19 heavy (non-hydrogen) atoms. The van der Waals surface area contributed by atoms with Crippen molar-refractivity contribution in [1.82, 2.24) is 0 Å². The number of rotatable bonds is 12. The van der Waals surface area contributed by atoms with Crippen LogP contribution in [0.5, 0.6) is 0 Å². The van der Waals surface area contributed by atoms with Crippen LogP contribution in [-0.2, 0) is 9.53 Å². The predicted octanol–water partition coefficient (Wildman–Crippen LogP) is 5.64. The van der Waals surface area contributed by atoms with Crippen molar-refractivity contribution in [2.45, 2.75) is 104 Å². The Kier molecular flexibility index (Phi) is 11.0. The van der Waals surface area contributed by atoms with Crippen molar-refractivity contribution in [1.29, 1.82) is 0 Å². The summed E-state index contributed by atoms with van der Waals surface area (Å²) in [5, 5.41) is 0. The summed E-state index contributed by atoms with van der Waals surface area (Å²) in [4.78, 5) is 11.3. The van der Waals surface area contributed by atoms with Gasteiger partial charge in [-0.15, -0.1) is 0 Å². The third-order valence-corrected chi connectivity index (χ3v) is 3.76. The molecule has 0 saturated heterocycles. The van der Waals surface area contributed by atoms with Gasteiger partial charge in [-0.1, -0.05) is 58.8 Å². The quantitative estimate of drug-likeness (QED) is 0.339. The lowest BCUT2D eigenvalue weighted by atomic mass is 9.91. The van der Waals surface area contributed by atoms with Crippen LogP contribution in [0, 0.1) is 0 Å². The zero-order chi connectivity index (χ0) is 14.6. The van der Waals surface area contributed by atoms with Gasteiger partial charge in [0.25, 0.3) is 0 Å². The summed E-state index contributed by atoms with van der Waals surface area (Å²) in [6, 6.07) is 0. The molecule has 2 nitrogen and oxygen atoms in total. The van der Waals surface area contributed by atoms with E-state index >= 15 is 0 Å². The maximum Gasteiger partial charge on any atom is 0.303 e. The molecule has 0 aromatic heterocycles. The molecule has 1 unspecified atom stereocenters. The Hall–Kier alpha value is -0.530. The van der Waals surface area contributed by atoms with Crippen LogP contribution in [0.1, 0.15) is 98.3 Å². The van der Waals surface area contributed by atoms with E-state index in [0.29, 0.717) is 0 Å². The molecule has 2 heteroatoms. The molecule has 0 heterocycles. The number of carbonyl (C=O) groups excluding carboxylic acids is 1. The van der Waals surface area contributed by atoms with Crippen LogP contribution >= 0.6 is 0 Å². The van der Waals surface area contributed by atoms with E-state index in [-0.39, 0.29) is 11.6 Å². The molecule has 0 aliphatic carbocycles. The fourth-order valence-corrected chi connectivity index (χ4v) is 2.60. The highest BCUT2D eigenvalue weighted by atomic mass is 16.6. The number of unbranched alkanes of at least 4 members (excludes halogenated alkanes) is 7. The van der Waals surface area contributed by atoms with Gasteiger partial charge in [-0.25, -0.2) is 0 Å². The molecule has 0 bridgehead atoms. The molecule has 0 radical (unpaired) electrons. The number of hydrogen-bond donors (Lipinski definition) is 0. The molecule has 0 aliphatic rings. The number of esters is 1. The van der Waals surface area contributed by atoms with Gasteiger partial charge in [0.05, 0.1) is 0 Å². The maximum atomic E-state index is 11.3. The van der Waals surface area contributed by atoms with E-state index < -0.39 is 0 Å². The van der Waals surface area contributed by atoms with Gasteiger partial charge in [-0.05, 0) is 32.6 Å². The Bertz CT molecular complexity index is 225. The first-order valence-corrected chi connectivity index (χ1v) is 8.23. The monoisotopic (exact) mass is 270 g/mol. The molecule has 0 fully saturated rings. The van der Waals surface area contributed by atoms with Crippen LogP contribution < -0.4 is 0 Å². The molecular formula is C17H34O2. The normalized spacial score (nSPS) is 14.1. The van der Waals surface area contributed by atoms with Crippen molar-refractivity contribution >= 4 is 5.97 Å². The van der Waals surface area contributed by atoms with E-state index in [1.165, 1.54) is 64.7 Å². The van der Waals surface area contributed by atoms with E-state index in [4.69, 9.17) is 4.74 Å². The first-order chi connectivity index (χ1) is 9.04. The minimum atomic E-state index is -0.230. The first-order valence-electron chi connectivity index (χ1n) is 8.23. The SMILES string of the molecule is CCCCCCCC(C)(CCCCCC)OC(C)=O. The van der Waals surface area contributed by atoms with Crippen molar-refractivity contribution in [2.24, 2.45) is 0 Å². The first kappa shape index (κ1) is 18.5. The lowest BCUT2D eigenvalue weighted by Gasteiger charge is -2.29. The van der Waals surface area contributed by atoms with Crippen molar-refractivity contribution in [2.75, 3.05) is 0 Å². The lowest BCUT2D eigenvalue weighted by Crippen LogP contribution is -2.31. The average Bonchev–Trinajstić information content (AvgIpc) is 2.34. The highest BCUT2D eigenvalue weighted by Gasteiger charge is 2.26. The van der Waals surface area contributed by atoms with Crippen molar-refractivity contribution in [3.8, 4) is 0 Å². The van der Waals surface area contributed by atoms with Gasteiger partial charge in [0.15, 0.2) is 0 Å². The molecule has 1 atom stereocenters. The van der Waals surface area contributed by atoms with E-state index in [2.05, 4.69) is 20.8 Å². The van der Waals surface area contributed by atoms with Crippen LogP contribution in [-0.4, -0.2) is 11.6 Å². The molecule has 0 amide bonds. The fraction of sp³-hybridized carbons (Fsp3) is 0.941. The largest absolute Gasteiger partial charge is 0.460 e. The molecule has 0 spiro atoms. The van der Waals surface area contributed by atoms with E-state index in [9.17, 15) is 4.79 Å². The molecule has 0 aliphatic heterocycles. The molecule has 0 saturated carbocycles. The van der Waals surface area contributed by atoms with Crippen LogP contribution in [0.15, 0.2) is 0 Å². The smallest absolute Gasteiger partial charge is 0.303 e. The second-order valence-corrected chi connectivity index (χ2v) is 6.02. The second-order valence-electron chi connectivity index (χ2n) is 6.02. The Labute approximate surface area is 120 Å². The van der Waals surface area contributed by atoms with Gasteiger partial charge < -0.3 is 4.74 Å². The maximum absolute atomic E-state index is 11.3. The van der Waals surface area contributed by atoms with Gasteiger partial charge in [-0.2, -0.15) is 0 Å². The molecule has 0 aromatic rings. The van der Waals surface area contributed by atoms with E-state index in [1.807, 2.05) is 0 Å². The average molecular weight is 270 g/mol. The summed E-state index contributed by atoms with van der Waals surface area (Å²) >= 11 is 0. The summed E-state index contributed by atoms with van der Waals surface area (Å²) in [5.41, 5.74) is -0.230. The zero-order valence-corrected chi connectivity index (χ0v) is 13.6. The summed E-state index contributed by atoms with van der Waals surface area (Å²) in [7, 11) is 0. The summed E-state index contributed by atoms with van der Waals surface area (Å²) in [5.74, 6) is -0.133. The number of carbonyl (C=O) groups is 1. The van der Waals surface area contributed by atoms with Gasteiger partial charge in [0.2, 0.25) is 0 Å². The van der Waals surface area contributed by atoms with Crippen LogP contribution in [0.4, 0.5) is 0 Å². The minimum absolute atomic E-state index is 0.133. The topological polar surface area (TPSA) is 26.3 Å². The van der Waals surface area contributed by atoms with Crippen LogP contribution in [0.3, 0.4) is 0 Å². The molecule has 114 valence electrons. The van der Waals surface area contributed by atoms with Crippen LogP contribution in [0.25, 0.3) is 0 Å². The van der Waals surface area contributed by atoms with Crippen molar-refractivity contribution in [3.63, 3.8) is 0 Å². The Balaban J connectivity index is 3.99. The molecular weight excluding hydrogens is 236 g/mol. The Morgan fingerprint density at radius 2 is 1.26 bits per heavy atom. The molecule has 0 rings (SSSR count). The lowest BCUT2D eigenvalue weighted by molar-refractivity contribution is -0.157. The Morgan fingerprint density at radius 3 is 1.68 bits per heavy atom. The zero-order valence-electron chi connectivity index (χ0n) is 13.6. The van der Waals surface area contributed by atoms with Crippen molar-refractivity contribution < 1.29 is 9.53 Å². The van der Waals surface area contributed by atoms with Crippen molar-refractivity contribution in [3.05, 3.63) is 0 Å². The van der Waals surface area contributed by atoms with Crippen LogP contribution in [0.2, 0.25) is 0 Å². The van der Waals surface area contributed by atoms with E-state index in [1.54, 1.807) is 0 Å². The second kappa shape index (κ2) is 11.3. The molecule has 0 aromatic carbocycles. The van der Waals surface area contributed by atoms with Gasteiger partial charge in [0.1, 0.15) is 5.60 Å². The number of ether oxygens (including phenoxy) is 1. The van der Waals surface area contributed by atoms with Gasteiger partial charge in [-0.3, -0.25) is 4.79 Å². The summed E-state index contributed by atoms with van der Waals surface area (Å²) in [6.45, 7) is 8.09. The third-order valence-electron chi connectivity index (χ3n) is 3.76. The standard InChI is InChI=1S/C17H34O2/c1-5-7-9-11-13-15-17(4,19-16(3)18)14-12-10-8-6-2/h5-15H2,1-4H3. The van der Waals surface area contributed by atoms with Gasteiger partial charge >= 0.3 is 5.97 Å². The Morgan fingerprint density at radius 1 is 0.842 bits per heavy atom. The van der Waals surface area contributed by atoms with E-state index in [0.717, 1.165) is 12.8 Å². The third kappa shape index (κ3) is 11.0. The molecule has 0 N–H and O–H groups in total. The predicted molar refractivity (Wildman–Crippen MR) is 82.3 cm³/mol. The summed E-state index contributed by atoms with van der Waals surface area (Å²) in [6.07, 6.45) is 13.3. The highest BCUT2D eigenvalue weighted by Crippen LogP contribution is 2.26. The highest BCUT2D eigenvalue weighted by molar-refractivity contribution is 5.66.